The zero-order chi connectivity index (χ0) is 54.7. The molecule has 1 saturated carbocycles. The van der Waals surface area contributed by atoms with Crippen molar-refractivity contribution < 1.29 is 48.6 Å². The highest BCUT2D eigenvalue weighted by molar-refractivity contribution is 5.90. The van der Waals surface area contributed by atoms with E-state index in [2.05, 4.69) is 51.1 Å². The van der Waals surface area contributed by atoms with Crippen LogP contribution in [0, 0.1) is 5.92 Å². The second-order valence-corrected chi connectivity index (χ2v) is 21.1. The van der Waals surface area contributed by atoms with Gasteiger partial charge in [-0.05, 0) is 77.2 Å². The van der Waals surface area contributed by atoms with Crippen LogP contribution in [0.15, 0.2) is 0 Å². The van der Waals surface area contributed by atoms with Crippen LogP contribution in [0.1, 0.15) is 258 Å². The molecule has 74 heavy (non-hydrogen) atoms. The van der Waals surface area contributed by atoms with Crippen LogP contribution in [0.2, 0.25) is 0 Å². The van der Waals surface area contributed by atoms with Gasteiger partial charge in [-0.25, -0.2) is 9.59 Å². The third-order valence-electron chi connectivity index (χ3n) is 14.7. The Kier molecular flexibility index (Phi) is 40.2. The predicted octanol–water partition coefficient (Wildman–Crippen LogP) is 9.04. The summed E-state index contributed by atoms with van der Waals surface area (Å²) in [6.07, 6.45) is 33.6. The van der Waals surface area contributed by atoms with E-state index in [0.717, 1.165) is 38.5 Å². The summed E-state index contributed by atoms with van der Waals surface area (Å²) in [7, 11) is 3.35. The Morgan fingerprint density at radius 1 is 0.432 bits per heavy atom. The summed E-state index contributed by atoms with van der Waals surface area (Å²) in [5.41, 5.74) is -0.608. The molecule has 1 aliphatic carbocycles. The number of aliphatic carboxylic acids is 2. The predicted molar refractivity (Wildman–Crippen MR) is 293 cm³/mol. The molecule has 0 spiro atoms. The Labute approximate surface area is 446 Å². The maximum absolute atomic E-state index is 13.5. The lowest BCUT2D eigenvalue weighted by molar-refractivity contribution is -0.142. The van der Waals surface area contributed by atoms with E-state index < -0.39 is 47.4 Å². The van der Waals surface area contributed by atoms with Gasteiger partial charge in [0.25, 0.3) is 0 Å². The highest BCUT2D eigenvalue weighted by atomic mass is 16.4. The van der Waals surface area contributed by atoms with E-state index in [-0.39, 0.29) is 81.0 Å². The van der Waals surface area contributed by atoms with Gasteiger partial charge >= 0.3 is 11.9 Å². The molecule has 17 nitrogen and oxygen atoms in total. The zero-order valence-electron chi connectivity index (χ0n) is 46.8. The Bertz CT molecular complexity index is 1580. The first-order valence-electron chi connectivity index (χ1n) is 29.5. The van der Waals surface area contributed by atoms with Crippen molar-refractivity contribution in [3.8, 4) is 0 Å². The molecular formula is C57H105N7O10. The van der Waals surface area contributed by atoms with E-state index in [4.69, 9.17) is 0 Å². The van der Waals surface area contributed by atoms with Crippen LogP contribution in [0.3, 0.4) is 0 Å². The average molecular weight is 1050 g/mol. The maximum Gasteiger partial charge on any atom is 0.326 e. The minimum atomic E-state index is -1.26. The number of carboxylic acid groups (broad SMARTS) is 2. The number of likely N-dealkylation sites (N-methyl/N-ethyl adjacent to an activating group) is 2. The molecule has 0 saturated heterocycles. The van der Waals surface area contributed by atoms with Crippen LogP contribution < -0.4 is 37.2 Å². The van der Waals surface area contributed by atoms with Crippen LogP contribution >= 0.6 is 0 Å². The summed E-state index contributed by atoms with van der Waals surface area (Å²) in [5.74, 6) is -4.43. The molecule has 0 bridgehead atoms. The topological polar surface area (TPSA) is 261 Å². The van der Waals surface area contributed by atoms with Crippen LogP contribution in [-0.4, -0.2) is 108 Å². The first-order chi connectivity index (χ1) is 35.7. The van der Waals surface area contributed by atoms with Gasteiger partial charge in [-0.1, -0.05) is 168 Å². The molecule has 0 aromatic rings. The first kappa shape index (κ1) is 67.7. The minimum Gasteiger partial charge on any atom is -0.480 e. The van der Waals surface area contributed by atoms with Gasteiger partial charge in [0.1, 0.15) is 23.7 Å². The molecule has 17 heteroatoms. The Balaban J connectivity index is 2.54. The van der Waals surface area contributed by atoms with E-state index in [0.29, 0.717) is 51.5 Å². The van der Waals surface area contributed by atoms with Crippen molar-refractivity contribution in [1.29, 1.82) is 0 Å². The molecule has 1 unspecified atom stereocenters. The number of hydrogen-bond acceptors (Lipinski definition) is 9. The monoisotopic (exact) mass is 1050 g/mol. The lowest BCUT2D eigenvalue weighted by Crippen LogP contribution is -2.48. The van der Waals surface area contributed by atoms with E-state index in [1.807, 2.05) is 0 Å². The number of carbonyl (C=O) groups excluding carboxylic acids is 6. The van der Waals surface area contributed by atoms with Crippen LogP contribution in [-0.2, 0) is 38.4 Å². The zero-order valence-corrected chi connectivity index (χ0v) is 46.8. The maximum atomic E-state index is 13.5. The SMILES string of the molecule is CCCCCCCCCCCCCCCC(=O)N[C@@H](CCC(=O)NCCCC[C@H](NC(=O)CC[C@H](NC(=O)CCCCCCCCCCCCCCC)C(=O)O)C(=O)NCCC[C@H]1CC1(NC)C(=O)NC)C(=O)O. The molecule has 6 amide bonds. The molecule has 5 atom stereocenters. The van der Waals surface area contributed by atoms with Crippen molar-refractivity contribution in [3.63, 3.8) is 0 Å². The van der Waals surface area contributed by atoms with Crippen molar-refractivity contribution in [2.45, 2.75) is 282 Å². The number of amides is 6. The molecule has 0 radical (unpaired) electrons. The standard InChI is InChI=1S/C57H105N7O10/c1-5-7-9-11-13-15-17-19-21-23-25-27-29-36-50(66)63-47(54(70)71)38-40-49(65)60-42-32-31-35-46(53(69)61-43-33-34-45-44-57(45,59-4)56(74)58-3)62-52(68)41-39-48(55(72)73)64-51(67)37-30-28-26-24-22-20-18-16-14-12-10-8-6-2/h45-48,59H,5-44H2,1-4H3,(H,58,74)(H,60,65)(H,61,69)(H,62,68)(H,63,66)(H,64,67)(H,70,71)(H,72,73)/t45-,46-,47-,48-,57?/m0/s1. The van der Waals surface area contributed by atoms with Gasteiger partial charge in [0.15, 0.2) is 0 Å². The minimum absolute atomic E-state index is 0.0613. The molecule has 428 valence electrons. The number of hydrogen-bond donors (Lipinski definition) is 9. The third-order valence-corrected chi connectivity index (χ3v) is 14.7. The third kappa shape index (κ3) is 33.6. The van der Waals surface area contributed by atoms with Gasteiger partial charge in [0, 0.05) is 45.8 Å². The van der Waals surface area contributed by atoms with Crippen molar-refractivity contribution >= 4 is 47.4 Å². The average Bonchev–Trinajstić information content (AvgIpc) is 4.11. The number of carboxylic acids is 2. The fraction of sp³-hybridized carbons (Fsp3) is 0.860. The van der Waals surface area contributed by atoms with E-state index in [9.17, 15) is 48.6 Å². The lowest BCUT2D eigenvalue weighted by Gasteiger charge is -2.20. The molecule has 1 fully saturated rings. The summed E-state index contributed by atoms with van der Waals surface area (Å²) in [5, 5.41) is 38.9. The van der Waals surface area contributed by atoms with E-state index in [1.54, 1.807) is 14.1 Å². The van der Waals surface area contributed by atoms with Gasteiger partial charge in [0.2, 0.25) is 35.4 Å². The molecular weight excluding hydrogens is 943 g/mol. The van der Waals surface area contributed by atoms with E-state index >= 15 is 0 Å². The highest BCUT2D eigenvalue weighted by Crippen LogP contribution is 2.46. The number of nitrogens with one attached hydrogen (secondary N) is 7. The molecule has 9 N–H and O–H groups in total. The number of carbonyl (C=O) groups is 8. The van der Waals surface area contributed by atoms with E-state index in [1.165, 1.54) is 116 Å². The van der Waals surface area contributed by atoms with Crippen molar-refractivity contribution in [1.82, 2.24) is 37.2 Å². The largest absolute Gasteiger partial charge is 0.480 e. The van der Waals surface area contributed by atoms with Gasteiger partial charge in [-0.2, -0.15) is 0 Å². The fourth-order valence-corrected chi connectivity index (χ4v) is 9.81. The number of unbranched alkanes of at least 4 members (excludes halogenated alkanes) is 25. The molecule has 0 aromatic carbocycles. The van der Waals surface area contributed by atoms with Gasteiger partial charge in [0.05, 0.1) is 0 Å². The molecule has 0 aromatic heterocycles. The van der Waals surface area contributed by atoms with Crippen LogP contribution in [0.5, 0.6) is 0 Å². The summed E-state index contributed by atoms with van der Waals surface area (Å²) in [6, 6.07) is -3.39. The summed E-state index contributed by atoms with van der Waals surface area (Å²) in [6.45, 7) is 5.01. The normalized spacial score (nSPS) is 16.1. The fourth-order valence-electron chi connectivity index (χ4n) is 9.81. The van der Waals surface area contributed by atoms with Crippen molar-refractivity contribution in [2.24, 2.45) is 5.92 Å². The van der Waals surface area contributed by atoms with Gasteiger partial charge < -0.3 is 47.4 Å². The quantitative estimate of drug-likeness (QED) is 0.0260. The lowest BCUT2D eigenvalue weighted by atomic mass is 10.0. The van der Waals surface area contributed by atoms with Crippen molar-refractivity contribution in [2.75, 3.05) is 27.2 Å². The van der Waals surface area contributed by atoms with Gasteiger partial charge in [-0.15, -0.1) is 0 Å². The Hall–Kier alpha value is -4.28. The Morgan fingerprint density at radius 3 is 1.22 bits per heavy atom. The molecule has 1 rings (SSSR count). The summed E-state index contributed by atoms with van der Waals surface area (Å²) in [4.78, 5) is 101. The summed E-state index contributed by atoms with van der Waals surface area (Å²) >= 11 is 0. The Morgan fingerprint density at radius 2 is 0.811 bits per heavy atom. The summed E-state index contributed by atoms with van der Waals surface area (Å²) < 4.78 is 0. The molecule has 0 heterocycles. The molecule has 0 aliphatic heterocycles. The smallest absolute Gasteiger partial charge is 0.326 e. The highest BCUT2D eigenvalue weighted by Gasteiger charge is 2.57. The van der Waals surface area contributed by atoms with Crippen molar-refractivity contribution in [3.05, 3.63) is 0 Å². The van der Waals surface area contributed by atoms with Gasteiger partial charge in [-0.3, -0.25) is 28.8 Å². The number of rotatable bonds is 51. The second kappa shape index (κ2) is 43.9. The van der Waals surface area contributed by atoms with Crippen LogP contribution in [0.4, 0.5) is 0 Å². The van der Waals surface area contributed by atoms with Crippen LogP contribution in [0.25, 0.3) is 0 Å². The first-order valence-corrected chi connectivity index (χ1v) is 29.5. The second-order valence-electron chi connectivity index (χ2n) is 21.1. The molecule has 1 aliphatic rings.